The van der Waals surface area contributed by atoms with E-state index in [2.05, 4.69) is 0 Å². The lowest BCUT2D eigenvalue weighted by Gasteiger charge is -2.46. The molecule has 3 heterocycles. The Morgan fingerprint density at radius 2 is 1.49 bits per heavy atom. The number of benzene rings is 2. The van der Waals surface area contributed by atoms with Crippen LogP contribution >= 0.6 is 0 Å². The molecular formula is C32H39N3O6. The molecule has 0 saturated carbocycles. The minimum Gasteiger partial charge on any atom is -0.480 e. The number of rotatable bonds is 4. The lowest BCUT2D eigenvalue weighted by Crippen LogP contribution is -2.59. The second kappa shape index (κ2) is 11.2. The number of piperidine rings is 1. The number of carbonyl (C=O) groups excluding carboxylic acids is 3. The SMILES string of the molecule is CC(C)(C)OC(=O)N1CCCC1C(=O)N1CCC(C(=O)N2Cc3ccccc3CC2C(=O)O)(c2ccccc2)CC1. The van der Waals surface area contributed by atoms with Crippen molar-refractivity contribution < 1.29 is 29.0 Å². The van der Waals surface area contributed by atoms with Crippen LogP contribution in [0.3, 0.4) is 0 Å². The van der Waals surface area contributed by atoms with Gasteiger partial charge in [0.25, 0.3) is 0 Å². The van der Waals surface area contributed by atoms with Crippen LogP contribution in [-0.2, 0) is 37.5 Å². The van der Waals surface area contributed by atoms with Crippen molar-refractivity contribution in [3.8, 4) is 0 Å². The van der Waals surface area contributed by atoms with Crippen LogP contribution in [0, 0.1) is 0 Å². The molecule has 0 aromatic heterocycles. The van der Waals surface area contributed by atoms with Crippen LogP contribution in [0.2, 0.25) is 0 Å². The number of carbonyl (C=O) groups is 4. The summed E-state index contributed by atoms with van der Waals surface area (Å²) in [6, 6.07) is 15.6. The molecule has 2 saturated heterocycles. The van der Waals surface area contributed by atoms with E-state index < -0.39 is 35.2 Å². The van der Waals surface area contributed by atoms with Gasteiger partial charge in [-0.1, -0.05) is 54.6 Å². The molecule has 9 heteroatoms. The zero-order chi connectivity index (χ0) is 29.4. The number of likely N-dealkylation sites (tertiary alicyclic amines) is 2. The highest BCUT2D eigenvalue weighted by atomic mass is 16.6. The van der Waals surface area contributed by atoms with Gasteiger partial charge in [-0.25, -0.2) is 9.59 Å². The average Bonchev–Trinajstić information content (AvgIpc) is 3.46. The lowest BCUT2D eigenvalue weighted by molar-refractivity contribution is -0.156. The van der Waals surface area contributed by atoms with Gasteiger partial charge in [0.05, 0.1) is 5.41 Å². The monoisotopic (exact) mass is 561 g/mol. The molecule has 3 aliphatic heterocycles. The Morgan fingerprint density at radius 1 is 0.854 bits per heavy atom. The van der Waals surface area contributed by atoms with Gasteiger partial charge in [0.2, 0.25) is 11.8 Å². The molecule has 0 radical (unpaired) electrons. The van der Waals surface area contributed by atoms with Gasteiger partial charge < -0.3 is 19.6 Å². The molecule has 2 fully saturated rings. The Kier molecular flexibility index (Phi) is 7.81. The molecule has 3 amide bonds. The molecule has 218 valence electrons. The number of carboxylic acid groups (broad SMARTS) is 1. The van der Waals surface area contributed by atoms with Crippen molar-refractivity contribution in [3.05, 3.63) is 71.3 Å². The largest absolute Gasteiger partial charge is 0.480 e. The molecular weight excluding hydrogens is 522 g/mol. The van der Waals surface area contributed by atoms with Crippen molar-refractivity contribution in [2.75, 3.05) is 19.6 Å². The third kappa shape index (κ3) is 5.67. The fourth-order valence-electron chi connectivity index (χ4n) is 6.50. The summed E-state index contributed by atoms with van der Waals surface area (Å²) in [7, 11) is 0. The van der Waals surface area contributed by atoms with Crippen molar-refractivity contribution in [1.82, 2.24) is 14.7 Å². The van der Waals surface area contributed by atoms with E-state index in [0.717, 1.165) is 23.1 Å². The quantitative estimate of drug-likeness (QED) is 0.605. The third-order valence-corrected chi connectivity index (χ3v) is 8.62. The summed E-state index contributed by atoms with van der Waals surface area (Å²) in [5.41, 5.74) is 1.12. The van der Waals surface area contributed by atoms with Gasteiger partial charge in [-0.05, 0) is 63.1 Å². The van der Waals surface area contributed by atoms with Crippen LogP contribution in [0.5, 0.6) is 0 Å². The highest BCUT2D eigenvalue weighted by molar-refractivity contribution is 5.93. The van der Waals surface area contributed by atoms with E-state index in [1.807, 2.05) is 54.6 Å². The first-order chi connectivity index (χ1) is 19.5. The Morgan fingerprint density at radius 3 is 2.12 bits per heavy atom. The minimum atomic E-state index is -1.02. The van der Waals surface area contributed by atoms with Gasteiger partial charge >= 0.3 is 12.1 Å². The zero-order valence-corrected chi connectivity index (χ0v) is 24.0. The van der Waals surface area contributed by atoms with Crippen molar-refractivity contribution in [3.63, 3.8) is 0 Å². The van der Waals surface area contributed by atoms with Crippen LogP contribution in [0.1, 0.15) is 63.1 Å². The number of nitrogens with zero attached hydrogens (tertiary/aromatic N) is 3. The predicted molar refractivity (Wildman–Crippen MR) is 152 cm³/mol. The topological polar surface area (TPSA) is 107 Å². The molecule has 2 aromatic carbocycles. The van der Waals surface area contributed by atoms with Crippen LogP contribution < -0.4 is 0 Å². The zero-order valence-electron chi connectivity index (χ0n) is 24.0. The number of hydrogen-bond acceptors (Lipinski definition) is 5. The Balaban J connectivity index is 1.38. The molecule has 0 aliphatic carbocycles. The van der Waals surface area contributed by atoms with Gasteiger partial charge in [-0.15, -0.1) is 0 Å². The number of hydrogen-bond donors (Lipinski definition) is 1. The predicted octanol–water partition coefficient (Wildman–Crippen LogP) is 3.98. The second-order valence-corrected chi connectivity index (χ2v) is 12.4. The summed E-state index contributed by atoms with van der Waals surface area (Å²) < 4.78 is 5.55. The van der Waals surface area contributed by atoms with Gasteiger partial charge in [0.1, 0.15) is 17.7 Å². The van der Waals surface area contributed by atoms with E-state index in [1.165, 1.54) is 9.80 Å². The Labute approximate surface area is 241 Å². The fourth-order valence-corrected chi connectivity index (χ4v) is 6.50. The number of carboxylic acids is 1. The second-order valence-electron chi connectivity index (χ2n) is 12.4. The number of fused-ring (bicyclic) bond motifs is 1. The van der Waals surface area contributed by atoms with Crippen LogP contribution in [0.15, 0.2) is 54.6 Å². The van der Waals surface area contributed by atoms with Gasteiger partial charge in [-0.2, -0.15) is 0 Å². The average molecular weight is 562 g/mol. The molecule has 2 aromatic rings. The Hall–Kier alpha value is -3.88. The first-order valence-electron chi connectivity index (χ1n) is 14.4. The third-order valence-electron chi connectivity index (χ3n) is 8.62. The standard InChI is InChI=1S/C32H39N3O6/c1-31(2,3)41-30(40)34-17-9-14-25(34)27(36)33-18-15-32(16-19-33,24-12-5-4-6-13-24)29(39)35-21-23-11-8-7-10-22(23)20-26(35)28(37)38/h4-8,10-13,25-26H,9,14-21H2,1-3H3,(H,37,38). The molecule has 9 nitrogen and oxygen atoms in total. The summed E-state index contributed by atoms with van der Waals surface area (Å²) in [5.74, 6) is -1.36. The molecule has 3 aliphatic rings. The first-order valence-corrected chi connectivity index (χ1v) is 14.4. The maximum absolute atomic E-state index is 14.5. The van der Waals surface area contributed by atoms with Crippen molar-refractivity contribution in [1.29, 1.82) is 0 Å². The summed E-state index contributed by atoms with van der Waals surface area (Å²) in [5, 5.41) is 10.1. The van der Waals surface area contributed by atoms with Crippen LogP contribution in [0.4, 0.5) is 4.79 Å². The van der Waals surface area contributed by atoms with Gasteiger partial charge in [-0.3, -0.25) is 14.5 Å². The first kappa shape index (κ1) is 28.6. The maximum atomic E-state index is 14.5. The molecule has 1 N–H and O–H groups in total. The smallest absolute Gasteiger partial charge is 0.410 e. The van der Waals surface area contributed by atoms with Gasteiger partial charge in [0.15, 0.2) is 0 Å². The molecule has 2 unspecified atom stereocenters. The summed E-state index contributed by atoms with van der Waals surface area (Å²) in [6.45, 7) is 6.78. The van der Waals surface area contributed by atoms with E-state index in [0.29, 0.717) is 38.9 Å². The highest BCUT2D eigenvalue weighted by Gasteiger charge is 2.50. The van der Waals surface area contributed by atoms with E-state index in [-0.39, 0.29) is 24.8 Å². The summed E-state index contributed by atoms with van der Waals surface area (Å²) in [6.07, 6.45) is 1.81. The Bertz CT molecular complexity index is 1310. The summed E-state index contributed by atoms with van der Waals surface area (Å²) in [4.78, 5) is 58.2. The highest BCUT2D eigenvalue weighted by Crippen LogP contribution is 2.40. The van der Waals surface area contributed by atoms with E-state index >= 15 is 0 Å². The van der Waals surface area contributed by atoms with Gasteiger partial charge in [0, 0.05) is 32.6 Å². The van der Waals surface area contributed by atoms with Crippen LogP contribution in [-0.4, -0.2) is 81.0 Å². The fraction of sp³-hybridized carbons (Fsp3) is 0.500. The molecule has 0 bridgehead atoms. The number of aliphatic carboxylic acids is 1. The molecule has 0 spiro atoms. The van der Waals surface area contributed by atoms with E-state index in [4.69, 9.17) is 4.74 Å². The van der Waals surface area contributed by atoms with Crippen molar-refractivity contribution >= 4 is 23.9 Å². The maximum Gasteiger partial charge on any atom is 0.410 e. The molecule has 2 atom stereocenters. The summed E-state index contributed by atoms with van der Waals surface area (Å²) >= 11 is 0. The van der Waals surface area contributed by atoms with E-state index in [9.17, 15) is 24.3 Å². The van der Waals surface area contributed by atoms with Crippen LogP contribution in [0.25, 0.3) is 0 Å². The minimum absolute atomic E-state index is 0.127. The number of ether oxygens (including phenoxy) is 1. The molecule has 5 rings (SSSR count). The number of amides is 3. The normalized spacial score (nSPS) is 22.2. The molecule has 41 heavy (non-hydrogen) atoms. The van der Waals surface area contributed by atoms with E-state index in [1.54, 1.807) is 25.7 Å². The van der Waals surface area contributed by atoms with Crippen molar-refractivity contribution in [2.24, 2.45) is 0 Å². The van der Waals surface area contributed by atoms with Crippen molar-refractivity contribution in [2.45, 2.75) is 82.5 Å². The lowest BCUT2D eigenvalue weighted by atomic mass is 9.71.